The number of nitrogens with one attached hydrogen (secondary N) is 1. The SMILES string of the molecule is O=C(Cc1ccc(F)cc1)N/N=C/c1c(O)n(-c2ccccc2Cl)c(=O)c2ccccc12. The van der Waals surface area contributed by atoms with Crippen LogP contribution < -0.4 is 11.0 Å². The summed E-state index contributed by atoms with van der Waals surface area (Å²) in [6, 6.07) is 19.0. The number of aromatic nitrogens is 1. The van der Waals surface area contributed by atoms with Crippen LogP contribution in [0.3, 0.4) is 0 Å². The first kappa shape index (κ1) is 21.3. The van der Waals surface area contributed by atoms with Gasteiger partial charge in [0.1, 0.15) is 5.82 Å². The molecule has 1 aromatic heterocycles. The Bertz CT molecular complexity index is 1400. The lowest BCUT2D eigenvalue weighted by Crippen LogP contribution is -2.22. The molecule has 6 nitrogen and oxygen atoms in total. The Morgan fingerprint density at radius 3 is 2.41 bits per heavy atom. The van der Waals surface area contributed by atoms with E-state index < -0.39 is 11.5 Å². The molecule has 4 rings (SSSR count). The molecule has 32 heavy (non-hydrogen) atoms. The van der Waals surface area contributed by atoms with Crippen LogP contribution in [-0.2, 0) is 11.2 Å². The maximum Gasteiger partial charge on any atom is 0.265 e. The molecule has 3 aromatic carbocycles. The van der Waals surface area contributed by atoms with Gasteiger partial charge in [-0.05, 0) is 35.9 Å². The number of pyridine rings is 1. The number of rotatable bonds is 5. The maximum absolute atomic E-state index is 13.1. The van der Waals surface area contributed by atoms with Crippen LogP contribution >= 0.6 is 11.6 Å². The highest BCUT2D eigenvalue weighted by Gasteiger charge is 2.17. The van der Waals surface area contributed by atoms with Crippen molar-refractivity contribution in [1.29, 1.82) is 0 Å². The van der Waals surface area contributed by atoms with Gasteiger partial charge in [0.2, 0.25) is 11.8 Å². The smallest absolute Gasteiger partial charge is 0.265 e. The van der Waals surface area contributed by atoms with E-state index in [4.69, 9.17) is 11.6 Å². The maximum atomic E-state index is 13.1. The van der Waals surface area contributed by atoms with Crippen molar-refractivity contribution in [1.82, 2.24) is 9.99 Å². The molecule has 1 amide bonds. The van der Waals surface area contributed by atoms with Gasteiger partial charge in [-0.25, -0.2) is 14.4 Å². The van der Waals surface area contributed by atoms with Crippen molar-refractivity contribution < 1.29 is 14.3 Å². The van der Waals surface area contributed by atoms with Gasteiger partial charge in [0, 0.05) is 10.8 Å². The number of hydrogen-bond acceptors (Lipinski definition) is 4. The molecular formula is C24H17ClFN3O3. The van der Waals surface area contributed by atoms with E-state index in [1.54, 1.807) is 48.5 Å². The number of nitrogens with zero attached hydrogens (tertiary/aromatic N) is 2. The van der Waals surface area contributed by atoms with Gasteiger partial charge in [0.15, 0.2) is 0 Å². The number of hydrogen-bond donors (Lipinski definition) is 2. The van der Waals surface area contributed by atoms with Crippen LogP contribution in [0.2, 0.25) is 5.02 Å². The highest BCUT2D eigenvalue weighted by Crippen LogP contribution is 2.28. The molecule has 0 saturated carbocycles. The minimum atomic E-state index is -0.441. The van der Waals surface area contributed by atoms with Gasteiger partial charge in [-0.1, -0.05) is 54.1 Å². The summed E-state index contributed by atoms with van der Waals surface area (Å²) in [5.41, 5.74) is 3.12. The summed E-state index contributed by atoms with van der Waals surface area (Å²) >= 11 is 6.25. The van der Waals surface area contributed by atoms with Crippen molar-refractivity contribution in [3.8, 4) is 11.6 Å². The molecule has 0 radical (unpaired) electrons. The third-order valence-electron chi connectivity index (χ3n) is 4.86. The largest absolute Gasteiger partial charge is 0.494 e. The predicted octanol–water partition coefficient (Wildman–Crippen LogP) is 4.18. The zero-order valence-electron chi connectivity index (χ0n) is 16.6. The second-order valence-electron chi connectivity index (χ2n) is 6.97. The van der Waals surface area contributed by atoms with Crippen LogP contribution in [0.5, 0.6) is 5.88 Å². The molecule has 4 aromatic rings. The summed E-state index contributed by atoms with van der Waals surface area (Å²) < 4.78 is 14.1. The minimum absolute atomic E-state index is 0.00344. The molecule has 0 bridgehead atoms. The van der Waals surface area contributed by atoms with E-state index in [2.05, 4.69) is 10.5 Å². The monoisotopic (exact) mass is 449 g/mol. The zero-order chi connectivity index (χ0) is 22.7. The normalized spacial score (nSPS) is 11.2. The Hall–Kier alpha value is -3.97. The van der Waals surface area contributed by atoms with E-state index in [9.17, 15) is 19.1 Å². The van der Waals surface area contributed by atoms with Gasteiger partial charge >= 0.3 is 0 Å². The molecule has 0 spiro atoms. The van der Waals surface area contributed by atoms with Gasteiger partial charge in [-0.3, -0.25) is 9.59 Å². The Balaban J connectivity index is 1.70. The van der Waals surface area contributed by atoms with Crippen LogP contribution in [0, 0.1) is 5.82 Å². The summed E-state index contributed by atoms with van der Waals surface area (Å²) in [5.74, 6) is -1.17. The number of carbonyl (C=O) groups is 1. The van der Waals surface area contributed by atoms with Crippen LogP contribution in [0.4, 0.5) is 4.39 Å². The minimum Gasteiger partial charge on any atom is -0.494 e. The first-order valence-corrected chi connectivity index (χ1v) is 10.0. The van der Waals surface area contributed by atoms with Crippen molar-refractivity contribution in [3.05, 3.63) is 105 Å². The van der Waals surface area contributed by atoms with Gasteiger partial charge in [0.25, 0.3) is 5.56 Å². The topological polar surface area (TPSA) is 83.7 Å². The molecule has 0 aliphatic carbocycles. The lowest BCUT2D eigenvalue weighted by atomic mass is 10.1. The summed E-state index contributed by atoms with van der Waals surface area (Å²) in [6.07, 6.45) is 1.27. The van der Waals surface area contributed by atoms with E-state index in [0.29, 0.717) is 22.0 Å². The molecule has 0 fully saturated rings. The first-order chi connectivity index (χ1) is 15.5. The van der Waals surface area contributed by atoms with Crippen molar-refractivity contribution in [2.45, 2.75) is 6.42 Å². The Morgan fingerprint density at radius 1 is 1.03 bits per heavy atom. The van der Waals surface area contributed by atoms with Crippen LogP contribution in [0.15, 0.2) is 82.7 Å². The van der Waals surface area contributed by atoms with Gasteiger partial charge in [0.05, 0.1) is 28.9 Å². The van der Waals surface area contributed by atoms with Crippen molar-refractivity contribution in [2.75, 3.05) is 0 Å². The zero-order valence-corrected chi connectivity index (χ0v) is 17.4. The highest BCUT2D eigenvalue weighted by molar-refractivity contribution is 6.32. The molecular weight excluding hydrogens is 433 g/mol. The quantitative estimate of drug-likeness (QED) is 0.354. The number of para-hydroxylation sites is 1. The summed E-state index contributed by atoms with van der Waals surface area (Å²) in [4.78, 5) is 25.2. The summed E-state index contributed by atoms with van der Waals surface area (Å²) in [7, 11) is 0. The molecule has 0 saturated heterocycles. The summed E-state index contributed by atoms with van der Waals surface area (Å²) in [5, 5.41) is 16.0. The van der Waals surface area contributed by atoms with E-state index >= 15 is 0 Å². The number of fused-ring (bicyclic) bond motifs is 1. The molecule has 8 heteroatoms. The first-order valence-electron chi connectivity index (χ1n) is 9.63. The molecule has 0 atom stereocenters. The van der Waals surface area contributed by atoms with E-state index in [1.165, 1.54) is 30.5 Å². The third-order valence-corrected chi connectivity index (χ3v) is 5.18. The number of aromatic hydroxyl groups is 1. The van der Waals surface area contributed by atoms with Crippen molar-refractivity contribution in [3.63, 3.8) is 0 Å². The highest BCUT2D eigenvalue weighted by atomic mass is 35.5. The molecule has 0 aliphatic rings. The number of benzene rings is 3. The Labute approximate surface area is 187 Å². The number of carbonyl (C=O) groups excluding carboxylic acids is 1. The van der Waals surface area contributed by atoms with Crippen LogP contribution in [-0.4, -0.2) is 21.8 Å². The fourth-order valence-corrected chi connectivity index (χ4v) is 3.56. The van der Waals surface area contributed by atoms with E-state index in [0.717, 1.165) is 4.57 Å². The predicted molar refractivity (Wildman–Crippen MR) is 122 cm³/mol. The average molecular weight is 450 g/mol. The fraction of sp³-hybridized carbons (Fsp3) is 0.0417. The summed E-state index contributed by atoms with van der Waals surface area (Å²) in [6.45, 7) is 0. The lowest BCUT2D eigenvalue weighted by Gasteiger charge is -2.14. The molecule has 0 aliphatic heterocycles. The molecule has 1 heterocycles. The van der Waals surface area contributed by atoms with Gasteiger partial charge in [-0.15, -0.1) is 0 Å². The third kappa shape index (κ3) is 4.24. The standard InChI is InChI=1S/C24H17ClFN3O3/c25-20-7-3-4-8-21(20)29-23(31)18-6-2-1-5-17(18)19(24(29)32)14-27-28-22(30)13-15-9-11-16(26)12-10-15/h1-12,14,32H,13H2,(H,28,30)/b27-14+. The fourth-order valence-electron chi connectivity index (χ4n) is 3.34. The second kappa shape index (κ2) is 9.03. The van der Waals surface area contributed by atoms with Crippen LogP contribution in [0.25, 0.3) is 16.5 Å². The molecule has 160 valence electrons. The Morgan fingerprint density at radius 2 is 1.69 bits per heavy atom. The van der Waals surface area contributed by atoms with Gasteiger partial charge in [-0.2, -0.15) is 5.10 Å². The Kier molecular flexibility index (Phi) is 6.00. The van der Waals surface area contributed by atoms with Crippen molar-refractivity contribution in [2.24, 2.45) is 5.10 Å². The average Bonchev–Trinajstić information content (AvgIpc) is 2.79. The number of halogens is 2. The van der Waals surface area contributed by atoms with Crippen LogP contribution in [0.1, 0.15) is 11.1 Å². The number of hydrazone groups is 1. The lowest BCUT2D eigenvalue weighted by molar-refractivity contribution is -0.120. The van der Waals surface area contributed by atoms with E-state index in [1.807, 2.05) is 0 Å². The second-order valence-corrected chi connectivity index (χ2v) is 7.38. The van der Waals surface area contributed by atoms with Gasteiger partial charge < -0.3 is 5.11 Å². The number of amides is 1. The molecule has 0 unspecified atom stereocenters. The van der Waals surface area contributed by atoms with E-state index in [-0.39, 0.29) is 28.7 Å². The molecule has 2 N–H and O–H groups in total. The van der Waals surface area contributed by atoms with Crippen molar-refractivity contribution >= 4 is 34.5 Å².